The Bertz CT molecular complexity index is 578. The van der Waals surface area contributed by atoms with Crippen LogP contribution in [0.15, 0.2) is 40.8 Å². The van der Waals surface area contributed by atoms with E-state index in [4.69, 9.17) is 21.1 Å². The summed E-state index contributed by atoms with van der Waals surface area (Å²) in [7, 11) is 0. The molecule has 0 aliphatic carbocycles. The third-order valence-corrected chi connectivity index (χ3v) is 2.86. The van der Waals surface area contributed by atoms with Crippen molar-refractivity contribution in [1.29, 1.82) is 0 Å². The van der Waals surface area contributed by atoms with E-state index in [2.05, 4.69) is 5.32 Å². The van der Waals surface area contributed by atoms with Gasteiger partial charge in [0.2, 0.25) is 0 Å². The number of amides is 1. The predicted octanol–water partition coefficient (Wildman–Crippen LogP) is 2.71. The van der Waals surface area contributed by atoms with Crippen molar-refractivity contribution in [3.63, 3.8) is 0 Å². The molecule has 0 spiro atoms. The van der Waals surface area contributed by atoms with Crippen LogP contribution in [0.2, 0.25) is 5.02 Å². The number of halogens is 1. The smallest absolute Gasteiger partial charge is 0.287 e. The quantitative estimate of drug-likeness (QED) is 0.904. The van der Waals surface area contributed by atoms with E-state index in [0.29, 0.717) is 10.8 Å². The normalized spacial score (nSPS) is 12.2. The Labute approximate surface area is 116 Å². The van der Waals surface area contributed by atoms with Gasteiger partial charge in [0, 0.05) is 12.1 Å². The van der Waals surface area contributed by atoms with Crippen LogP contribution >= 0.6 is 11.6 Å². The zero-order valence-electron chi connectivity index (χ0n) is 10.4. The Morgan fingerprint density at radius 1 is 1.37 bits per heavy atom. The monoisotopic (exact) mass is 279 g/mol. The molecule has 0 saturated carbocycles. The molecule has 0 aliphatic heterocycles. The molecule has 19 heavy (non-hydrogen) atoms. The average molecular weight is 280 g/mol. The van der Waals surface area contributed by atoms with E-state index < -0.39 is 6.10 Å². The van der Waals surface area contributed by atoms with Crippen LogP contribution in [0.25, 0.3) is 11.3 Å². The highest BCUT2D eigenvalue weighted by Crippen LogP contribution is 2.28. The van der Waals surface area contributed by atoms with E-state index in [9.17, 15) is 4.79 Å². The lowest BCUT2D eigenvalue weighted by atomic mass is 10.2. The molecule has 4 nitrogen and oxygen atoms in total. The number of rotatable bonds is 4. The molecular formula is C14H14ClNO3. The molecule has 0 radical (unpaired) electrons. The molecule has 1 aromatic heterocycles. The molecule has 1 atom stereocenters. The number of nitrogens with one attached hydrogen (secondary N) is 1. The number of hydrogen-bond donors (Lipinski definition) is 2. The van der Waals surface area contributed by atoms with Crippen LogP contribution in [0.3, 0.4) is 0 Å². The molecule has 5 heteroatoms. The topological polar surface area (TPSA) is 62.5 Å². The van der Waals surface area contributed by atoms with Gasteiger partial charge >= 0.3 is 0 Å². The summed E-state index contributed by atoms with van der Waals surface area (Å²) in [6, 6.07) is 10.5. The third kappa shape index (κ3) is 3.36. The summed E-state index contributed by atoms with van der Waals surface area (Å²) in [4.78, 5) is 11.7. The van der Waals surface area contributed by atoms with Crippen LogP contribution in [0.5, 0.6) is 0 Å². The van der Waals surface area contributed by atoms with E-state index in [-0.39, 0.29) is 18.2 Å². The number of aliphatic hydroxyl groups is 1. The van der Waals surface area contributed by atoms with E-state index >= 15 is 0 Å². The van der Waals surface area contributed by atoms with Gasteiger partial charge in [0.05, 0.1) is 11.1 Å². The highest BCUT2D eigenvalue weighted by molar-refractivity contribution is 6.33. The van der Waals surface area contributed by atoms with Crippen molar-refractivity contribution in [2.45, 2.75) is 13.0 Å². The fourth-order valence-electron chi connectivity index (χ4n) is 1.59. The van der Waals surface area contributed by atoms with Gasteiger partial charge in [0.25, 0.3) is 5.91 Å². The summed E-state index contributed by atoms with van der Waals surface area (Å²) in [5.41, 5.74) is 0.735. The second-order valence-corrected chi connectivity index (χ2v) is 4.61. The van der Waals surface area contributed by atoms with Crippen molar-refractivity contribution in [2.24, 2.45) is 0 Å². The summed E-state index contributed by atoms with van der Waals surface area (Å²) in [6.07, 6.45) is -0.595. The Hall–Kier alpha value is -1.78. The van der Waals surface area contributed by atoms with Gasteiger partial charge in [-0.05, 0) is 31.2 Å². The Balaban J connectivity index is 2.15. The SMILES string of the molecule is CC(O)CNC(=O)c1ccc(-c2ccccc2Cl)o1. The first-order chi connectivity index (χ1) is 9.08. The predicted molar refractivity (Wildman–Crippen MR) is 73.2 cm³/mol. The largest absolute Gasteiger partial charge is 0.451 e. The van der Waals surface area contributed by atoms with Crippen LogP contribution in [-0.2, 0) is 0 Å². The maximum atomic E-state index is 11.7. The number of furan rings is 1. The summed E-state index contributed by atoms with van der Waals surface area (Å²) in [5, 5.41) is 12.2. The summed E-state index contributed by atoms with van der Waals surface area (Å²) in [6.45, 7) is 1.78. The summed E-state index contributed by atoms with van der Waals surface area (Å²) < 4.78 is 5.47. The molecule has 100 valence electrons. The number of hydrogen-bond acceptors (Lipinski definition) is 3. The first kappa shape index (κ1) is 13.6. The zero-order chi connectivity index (χ0) is 13.8. The van der Waals surface area contributed by atoms with Crippen molar-refractivity contribution in [3.8, 4) is 11.3 Å². The molecule has 1 amide bonds. The van der Waals surface area contributed by atoms with Gasteiger partial charge in [-0.3, -0.25) is 4.79 Å². The van der Waals surface area contributed by atoms with Crippen LogP contribution < -0.4 is 5.32 Å². The molecule has 1 heterocycles. The van der Waals surface area contributed by atoms with Gasteiger partial charge in [-0.15, -0.1) is 0 Å². The minimum Gasteiger partial charge on any atom is -0.451 e. The van der Waals surface area contributed by atoms with Crippen LogP contribution in [0, 0.1) is 0 Å². The van der Waals surface area contributed by atoms with Crippen LogP contribution in [0.1, 0.15) is 17.5 Å². The molecule has 2 aromatic rings. The van der Waals surface area contributed by atoms with Crippen LogP contribution in [0.4, 0.5) is 0 Å². The highest BCUT2D eigenvalue weighted by Gasteiger charge is 2.13. The fraction of sp³-hybridized carbons (Fsp3) is 0.214. The lowest BCUT2D eigenvalue weighted by molar-refractivity contribution is 0.0897. The molecule has 0 fully saturated rings. The first-order valence-corrected chi connectivity index (χ1v) is 6.26. The molecule has 0 saturated heterocycles. The van der Waals surface area contributed by atoms with Crippen molar-refractivity contribution in [3.05, 3.63) is 47.2 Å². The first-order valence-electron chi connectivity index (χ1n) is 5.89. The highest BCUT2D eigenvalue weighted by atomic mass is 35.5. The van der Waals surface area contributed by atoms with Crippen molar-refractivity contribution in [2.75, 3.05) is 6.54 Å². The minimum absolute atomic E-state index is 0.182. The summed E-state index contributed by atoms with van der Waals surface area (Å²) >= 11 is 6.06. The van der Waals surface area contributed by atoms with E-state index in [1.807, 2.05) is 18.2 Å². The third-order valence-electron chi connectivity index (χ3n) is 2.53. The molecule has 2 rings (SSSR count). The van der Waals surface area contributed by atoms with E-state index in [1.54, 1.807) is 25.1 Å². The number of carbonyl (C=O) groups is 1. The Morgan fingerprint density at radius 2 is 2.11 bits per heavy atom. The maximum Gasteiger partial charge on any atom is 0.287 e. The molecule has 2 N–H and O–H groups in total. The van der Waals surface area contributed by atoms with E-state index in [0.717, 1.165) is 5.56 Å². The number of benzene rings is 1. The molecule has 1 aromatic carbocycles. The van der Waals surface area contributed by atoms with Gasteiger partial charge in [0.15, 0.2) is 5.76 Å². The molecule has 1 unspecified atom stereocenters. The second kappa shape index (κ2) is 5.91. The standard InChI is InChI=1S/C14H14ClNO3/c1-9(17)8-16-14(18)13-7-6-12(19-13)10-4-2-3-5-11(10)15/h2-7,9,17H,8H2,1H3,(H,16,18). The van der Waals surface area contributed by atoms with Gasteiger partial charge in [-0.2, -0.15) is 0 Å². The zero-order valence-corrected chi connectivity index (χ0v) is 11.1. The lowest BCUT2D eigenvalue weighted by Gasteiger charge is -2.05. The average Bonchev–Trinajstić information content (AvgIpc) is 2.86. The Kier molecular flexibility index (Phi) is 4.24. The maximum absolute atomic E-state index is 11.7. The van der Waals surface area contributed by atoms with Crippen molar-refractivity contribution < 1.29 is 14.3 Å². The molecule has 0 aliphatic rings. The van der Waals surface area contributed by atoms with Gasteiger partial charge in [0.1, 0.15) is 5.76 Å². The lowest BCUT2D eigenvalue weighted by Crippen LogP contribution is -2.30. The van der Waals surface area contributed by atoms with Gasteiger partial charge < -0.3 is 14.8 Å². The molecular weight excluding hydrogens is 266 g/mol. The number of carbonyl (C=O) groups excluding carboxylic acids is 1. The van der Waals surface area contributed by atoms with Crippen LogP contribution in [-0.4, -0.2) is 23.7 Å². The second-order valence-electron chi connectivity index (χ2n) is 4.20. The van der Waals surface area contributed by atoms with E-state index in [1.165, 1.54) is 0 Å². The Morgan fingerprint density at radius 3 is 2.79 bits per heavy atom. The van der Waals surface area contributed by atoms with Gasteiger partial charge in [-0.1, -0.05) is 23.7 Å². The summed E-state index contributed by atoms with van der Waals surface area (Å²) in [5.74, 6) is 0.363. The van der Waals surface area contributed by atoms with Crippen molar-refractivity contribution in [1.82, 2.24) is 5.32 Å². The van der Waals surface area contributed by atoms with Gasteiger partial charge in [-0.25, -0.2) is 0 Å². The number of aliphatic hydroxyl groups excluding tert-OH is 1. The minimum atomic E-state index is -0.595. The fourth-order valence-corrected chi connectivity index (χ4v) is 1.82. The van der Waals surface area contributed by atoms with Crippen molar-refractivity contribution >= 4 is 17.5 Å². The molecule has 0 bridgehead atoms.